The Kier molecular flexibility index (Phi) is 6.63. The van der Waals surface area contributed by atoms with Gasteiger partial charge in [-0.3, -0.25) is 13.8 Å². The molecule has 0 unspecified atom stereocenters. The maximum Gasteiger partial charge on any atom is 0.245 e. The Hall–Kier alpha value is -1.93. The van der Waals surface area contributed by atoms with Crippen molar-refractivity contribution in [1.29, 1.82) is 0 Å². The van der Waals surface area contributed by atoms with Crippen LogP contribution >= 0.6 is 0 Å². The van der Waals surface area contributed by atoms with Crippen molar-refractivity contribution in [3.8, 4) is 5.75 Å². The first kappa shape index (κ1) is 23.2. The van der Waals surface area contributed by atoms with Gasteiger partial charge in [0, 0.05) is 60.2 Å². The Morgan fingerprint density at radius 2 is 2.06 bits per heavy atom. The molecule has 32 heavy (non-hydrogen) atoms. The topological polar surface area (TPSA) is 84.9 Å². The van der Waals surface area contributed by atoms with E-state index >= 15 is 0 Å². The number of hydrogen-bond donors (Lipinski definition) is 1. The molecule has 8 heteroatoms. The van der Waals surface area contributed by atoms with E-state index in [1.165, 1.54) is 6.92 Å². The number of carbonyl (C=O) groups is 2. The molecule has 7 nitrogen and oxygen atoms in total. The number of piperidine rings is 1. The van der Waals surface area contributed by atoms with E-state index in [1.54, 1.807) is 6.26 Å². The Labute approximate surface area is 192 Å². The van der Waals surface area contributed by atoms with Gasteiger partial charge in [-0.15, -0.1) is 0 Å². The minimum absolute atomic E-state index is 0.00473. The largest absolute Gasteiger partial charge is 0.487 e. The molecule has 0 aromatic heterocycles. The molecule has 2 amide bonds. The lowest BCUT2D eigenvalue weighted by molar-refractivity contribution is -0.189. The Bertz CT molecular complexity index is 904. The number of fused-ring (bicyclic) bond motifs is 4. The summed E-state index contributed by atoms with van der Waals surface area (Å²) in [4.78, 5) is 26.7. The maximum absolute atomic E-state index is 13.2. The number of rotatable bonds is 5. The number of ether oxygens (including phenoxy) is 2. The van der Waals surface area contributed by atoms with Gasteiger partial charge in [0.2, 0.25) is 11.8 Å². The molecule has 1 aromatic carbocycles. The maximum atomic E-state index is 13.2. The van der Waals surface area contributed by atoms with E-state index in [1.807, 2.05) is 23.1 Å². The molecule has 0 spiro atoms. The van der Waals surface area contributed by atoms with Crippen LogP contribution < -0.4 is 10.1 Å². The minimum Gasteiger partial charge on any atom is -0.487 e. The van der Waals surface area contributed by atoms with Crippen molar-refractivity contribution in [3.63, 3.8) is 0 Å². The van der Waals surface area contributed by atoms with Crippen molar-refractivity contribution in [2.75, 3.05) is 25.1 Å². The van der Waals surface area contributed by atoms with Crippen LogP contribution in [0.2, 0.25) is 0 Å². The summed E-state index contributed by atoms with van der Waals surface area (Å²) in [6, 6.07) is 7.49. The van der Waals surface area contributed by atoms with Gasteiger partial charge < -0.3 is 19.7 Å². The molecule has 2 fully saturated rings. The zero-order valence-corrected chi connectivity index (χ0v) is 20.2. The van der Waals surface area contributed by atoms with Gasteiger partial charge in [0.1, 0.15) is 17.4 Å². The number of nitrogens with one attached hydrogen (secondary N) is 1. The van der Waals surface area contributed by atoms with Gasteiger partial charge >= 0.3 is 0 Å². The second-order valence-corrected chi connectivity index (χ2v) is 11.4. The molecule has 3 heterocycles. The lowest BCUT2D eigenvalue weighted by Crippen LogP contribution is -2.58. The normalized spacial score (nSPS) is 30.1. The fourth-order valence-electron chi connectivity index (χ4n) is 5.46. The molecule has 0 radical (unpaired) electrons. The standard InChI is InChI=1S/C24H34N2O5S/c1-15(27)25-19(10-12-32(4)29)23(28)26-11-9-20-16(14-26)13-18-22(30-20)17-7-5-6-8-21(17)31-24(18,2)3/h5-8,16,18-20,22H,9-14H2,1-4H3,(H,25,27)/t16-,18+,19+,20+,22-,32+/m1/s1. The van der Waals surface area contributed by atoms with E-state index in [4.69, 9.17) is 9.47 Å². The van der Waals surface area contributed by atoms with Crippen molar-refractivity contribution in [1.82, 2.24) is 10.2 Å². The predicted molar refractivity (Wildman–Crippen MR) is 123 cm³/mol. The molecular weight excluding hydrogens is 428 g/mol. The molecule has 3 aliphatic heterocycles. The smallest absolute Gasteiger partial charge is 0.245 e. The highest BCUT2D eigenvalue weighted by molar-refractivity contribution is 7.84. The number of likely N-dealkylation sites (tertiary alicyclic amines) is 1. The van der Waals surface area contributed by atoms with Crippen LogP contribution in [0.3, 0.4) is 0 Å². The Morgan fingerprint density at radius 1 is 1.31 bits per heavy atom. The molecule has 0 aliphatic carbocycles. The summed E-state index contributed by atoms with van der Waals surface area (Å²) in [5.41, 5.74) is 0.757. The summed E-state index contributed by atoms with van der Waals surface area (Å²) in [5, 5.41) is 2.76. The molecule has 1 aromatic rings. The SMILES string of the molecule is CC(=O)N[C@@H](CC[S@](C)=O)C(=O)N1CC[C@@H]2O[C@@H]3c4ccccc4OC(C)(C)[C@H]3C[C@@H]2C1. The van der Waals surface area contributed by atoms with Crippen molar-refractivity contribution >= 4 is 22.6 Å². The Balaban J connectivity index is 1.48. The highest BCUT2D eigenvalue weighted by Gasteiger charge is 2.51. The molecule has 1 N–H and O–H groups in total. The van der Waals surface area contributed by atoms with Crippen molar-refractivity contribution < 1.29 is 23.3 Å². The van der Waals surface area contributed by atoms with E-state index in [0.29, 0.717) is 25.3 Å². The molecule has 176 valence electrons. The fraction of sp³-hybridized carbons (Fsp3) is 0.667. The first-order valence-corrected chi connectivity index (χ1v) is 13.2. The summed E-state index contributed by atoms with van der Waals surface area (Å²) >= 11 is 0. The van der Waals surface area contributed by atoms with Crippen molar-refractivity contribution in [2.24, 2.45) is 11.8 Å². The van der Waals surface area contributed by atoms with Gasteiger partial charge in [-0.2, -0.15) is 0 Å². The molecule has 4 rings (SSSR count). The average Bonchev–Trinajstić information content (AvgIpc) is 2.74. The van der Waals surface area contributed by atoms with Crippen LogP contribution in [-0.2, 0) is 25.1 Å². The van der Waals surface area contributed by atoms with E-state index in [2.05, 4.69) is 25.2 Å². The van der Waals surface area contributed by atoms with E-state index in [9.17, 15) is 13.8 Å². The van der Waals surface area contributed by atoms with Crippen LogP contribution in [0.25, 0.3) is 0 Å². The van der Waals surface area contributed by atoms with Crippen LogP contribution in [0, 0.1) is 11.8 Å². The quantitative estimate of drug-likeness (QED) is 0.727. The second kappa shape index (κ2) is 9.14. The number of benzene rings is 1. The molecular formula is C24H34N2O5S. The first-order valence-electron chi connectivity index (χ1n) is 11.4. The third-order valence-electron chi connectivity index (χ3n) is 7.08. The summed E-state index contributed by atoms with van der Waals surface area (Å²) in [5.74, 6) is 1.37. The van der Waals surface area contributed by atoms with E-state index < -0.39 is 16.8 Å². The average molecular weight is 463 g/mol. The van der Waals surface area contributed by atoms with Crippen LogP contribution in [0.1, 0.15) is 51.7 Å². The molecule has 3 aliphatic rings. The minimum atomic E-state index is -1.02. The van der Waals surface area contributed by atoms with Crippen LogP contribution in [-0.4, -0.2) is 63.8 Å². The number of hydrogen-bond acceptors (Lipinski definition) is 5. The zero-order valence-electron chi connectivity index (χ0n) is 19.3. The predicted octanol–water partition coefficient (Wildman–Crippen LogP) is 2.43. The molecule has 0 bridgehead atoms. The van der Waals surface area contributed by atoms with E-state index in [0.717, 1.165) is 24.2 Å². The van der Waals surface area contributed by atoms with Crippen molar-refractivity contribution in [2.45, 2.75) is 63.9 Å². The lowest BCUT2D eigenvalue weighted by atomic mass is 9.70. The van der Waals surface area contributed by atoms with E-state index in [-0.39, 0.29) is 41.5 Å². The highest BCUT2D eigenvalue weighted by atomic mass is 32.2. The summed E-state index contributed by atoms with van der Waals surface area (Å²) in [6.45, 7) is 6.86. The highest BCUT2D eigenvalue weighted by Crippen LogP contribution is 2.52. The molecule has 2 saturated heterocycles. The lowest BCUT2D eigenvalue weighted by Gasteiger charge is -2.53. The summed E-state index contributed by atoms with van der Waals surface area (Å²) < 4.78 is 24.6. The third kappa shape index (κ3) is 4.71. The fourth-order valence-corrected chi connectivity index (χ4v) is 6.03. The van der Waals surface area contributed by atoms with Crippen molar-refractivity contribution in [3.05, 3.63) is 29.8 Å². The third-order valence-corrected chi connectivity index (χ3v) is 7.89. The number of amides is 2. The van der Waals surface area contributed by atoms with Gasteiger partial charge in [0.05, 0.1) is 12.2 Å². The molecule has 0 saturated carbocycles. The monoisotopic (exact) mass is 462 g/mol. The number of para-hydroxylation sites is 1. The van der Waals surface area contributed by atoms with Crippen LogP contribution in [0.15, 0.2) is 24.3 Å². The number of nitrogens with zero attached hydrogens (tertiary/aromatic N) is 1. The molecule has 6 atom stereocenters. The van der Waals surface area contributed by atoms with Crippen LogP contribution in [0.4, 0.5) is 0 Å². The Morgan fingerprint density at radius 3 is 2.78 bits per heavy atom. The van der Waals surface area contributed by atoms with Gasteiger partial charge in [-0.1, -0.05) is 18.2 Å². The van der Waals surface area contributed by atoms with Gasteiger partial charge in [-0.25, -0.2) is 0 Å². The van der Waals surface area contributed by atoms with Crippen LogP contribution in [0.5, 0.6) is 5.75 Å². The summed E-state index contributed by atoms with van der Waals surface area (Å²) in [7, 11) is -1.02. The second-order valence-electron chi connectivity index (χ2n) is 9.83. The summed E-state index contributed by atoms with van der Waals surface area (Å²) in [6.07, 6.45) is 3.79. The number of carbonyl (C=O) groups excluding carboxylic acids is 2. The first-order chi connectivity index (χ1) is 15.2. The van der Waals surface area contributed by atoms with Gasteiger partial charge in [-0.05, 0) is 39.2 Å². The van der Waals surface area contributed by atoms with Gasteiger partial charge in [0.15, 0.2) is 0 Å². The zero-order chi connectivity index (χ0) is 23.0. The van der Waals surface area contributed by atoms with Gasteiger partial charge in [0.25, 0.3) is 0 Å².